The van der Waals surface area contributed by atoms with Crippen molar-refractivity contribution in [1.82, 2.24) is 15.0 Å². The van der Waals surface area contributed by atoms with Gasteiger partial charge in [-0.1, -0.05) is 6.07 Å². The fraction of sp³-hybridized carbons (Fsp3) is 0.182. The molecule has 0 amide bonds. The van der Waals surface area contributed by atoms with Crippen LogP contribution in [0.1, 0.15) is 11.1 Å². The van der Waals surface area contributed by atoms with Crippen molar-refractivity contribution in [2.45, 2.75) is 13.5 Å². The first-order chi connectivity index (χ1) is 8.29. The van der Waals surface area contributed by atoms with Crippen molar-refractivity contribution >= 4 is 11.8 Å². The number of aryl methyl sites for hydroxylation is 1. The van der Waals surface area contributed by atoms with Gasteiger partial charge in [0.2, 0.25) is 5.95 Å². The van der Waals surface area contributed by atoms with Crippen LogP contribution in [0.2, 0.25) is 0 Å². The Hall–Kier alpha value is -2.21. The Morgan fingerprint density at radius 1 is 1.35 bits per heavy atom. The third-order valence-electron chi connectivity index (χ3n) is 2.28. The normalized spacial score (nSPS) is 10.0. The first kappa shape index (κ1) is 11.3. The number of anilines is 2. The highest BCUT2D eigenvalue weighted by atomic mass is 15.3. The maximum absolute atomic E-state index is 5.26. The Labute approximate surface area is 99.3 Å². The zero-order valence-electron chi connectivity index (χ0n) is 9.51. The van der Waals surface area contributed by atoms with Crippen LogP contribution in [0.15, 0.2) is 30.7 Å². The van der Waals surface area contributed by atoms with E-state index in [9.17, 15) is 0 Å². The lowest BCUT2D eigenvalue weighted by Gasteiger charge is -2.09. The predicted molar refractivity (Wildman–Crippen MR) is 66.1 cm³/mol. The molecule has 0 saturated heterocycles. The summed E-state index contributed by atoms with van der Waals surface area (Å²) in [6.45, 7) is 2.60. The number of pyridine rings is 1. The smallest absolute Gasteiger partial charge is 0.239 e. The van der Waals surface area contributed by atoms with E-state index in [1.165, 1.54) is 0 Å². The Morgan fingerprint density at radius 3 is 2.94 bits per heavy atom. The van der Waals surface area contributed by atoms with E-state index in [0.717, 1.165) is 16.9 Å². The molecule has 88 valence electrons. The first-order valence-corrected chi connectivity index (χ1v) is 5.22. The molecule has 4 N–H and O–H groups in total. The predicted octanol–water partition coefficient (Wildman–Crippen LogP) is 1.08. The van der Waals surface area contributed by atoms with Gasteiger partial charge >= 0.3 is 0 Å². The average Bonchev–Trinajstić information content (AvgIpc) is 2.39. The molecular weight excluding hydrogens is 216 g/mol. The van der Waals surface area contributed by atoms with Gasteiger partial charge in [-0.3, -0.25) is 10.4 Å². The summed E-state index contributed by atoms with van der Waals surface area (Å²) in [5.41, 5.74) is 4.47. The van der Waals surface area contributed by atoms with Gasteiger partial charge in [-0.05, 0) is 18.6 Å². The van der Waals surface area contributed by atoms with Crippen LogP contribution in [0.4, 0.5) is 11.8 Å². The van der Waals surface area contributed by atoms with Crippen LogP contribution in [0.5, 0.6) is 0 Å². The SMILES string of the molecule is Cc1cnc(NN)nc1NCc1cccnc1. The molecule has 6 nitrogen and oxygen atoms in total. The van der Waals surface area contributed by atoms with Crippen LogP contribution in [-0.2, 0) is 6.54 Å². The molecular formula is C11H14N6. The fourth-order valence-corrected chi connectivity index (χ4v) is 1.38. The van der Waals surface area contributed by atoms with Crippen LogP contribution in [-0.4, -0.2) is 15.0 Å². The molecule has 2 aromatic rings. The molecule has 0 aliphatic heterocycles. The molecule has 0 radical (unpaired) electrons. The second-order valence-corrected chi connectivity index (χ2v) is 3.58. The number of hydrazine groups is 1. The zero-order valence-corrected chi connectivity index (χ0v) is 9.51. The Bertz CT molecular complexity index is 485. The maximum atomic E-state index is 5.26. The zero-order chi connectivity index (χ0) is 12.1. The molecule has 0 aromatic carbocycles. The summed E-state index contributed by atoms with van der Waals surface area (Å²) >= 11 is 0. The minimum atomic E-state index is 0.393. The van der Waals surface area contributed by atoms with E-state index in [1.54, 1.807) is 12.4 Å². The van der Waals surface area contributed by atoms with E-state index in [2.05, 4.69) is 25.7 Å². The minimum absolute atomic E-state index is 0.393. The number of nitrogens with one attached hydrogen (secondary N) is 2. The lowest BCUT2D eigenvalue weighted by Crippen LogP contribution is -2.12. The van der Waals surface area contributed by atoms with Crippen LogP contribution in [0.25, 0.3) is 0 Å². The highest BCUT2D eigenvalue weighted by Crippen LogP contribution is 2.12. The van der Waals surface area contributed by atoms with Gasteiger partial charge in [0.15, 0.2) is 0 Å². The molecule has 0 aliphatic rings. The summed E-state index contributed by atoms with van der Waals surface area (Å²) in [7, 11) is 0. The monoisotopic (exact) mass is 230 g/mol. The van der Waals surface area contributed by atoms with Crippen LogP contribution < -0.4 is 16.6 Å². The van der Waals surface area contributed by atoms with Crippen molar-refractivity contribution in [2.24, 2.45) is 5.84 Å². The third-order valence-corrected chi connectivity index (χ3v) is 2.28. The van der Waals surface area contributed by atoms with Gasteiger partial charge in [-0.15, -0.1) is 0 Å². The van der Waals surface area contributed by atoms with Crippen molar-refractivity contribution < 1.29 is 0 Å². The number of aromatic nitrogens is 3. The summed E-state index contributed by atoms with van der Waals surface area (Å²) in [4.78, 5) is 12.3. The van der Waals surface area contributed by atoms with E-state index in [4.69, 9.17) is 5.84 Å². The van der Waals surface area contributed by atoms with Crippen molar-refractivity contribution in [3.05, 3.63) is 41.9 Å². The van der Waals surface area contributed by atoms with Crippen LogP contribution in [0.3, 0.4) is 0 Å². The maximum Gasteiger partial charge on any atom is 0.239 e. The highest BCUT2D eigenvalue weighted by Gasteiger charge is 2.02. The van der Waals surface area contributed by atoms with Gasteiger partial charge in [0.1, 0.15) is 5.82 Å². The van der Waals surface area contributed by atoms with Gasteiger partial charge in [0.25, 0.3) is 0 Å². The Morgan fingerprint density at radius 2 is 2.24 bits per heavy atom. The topological polar surface area (TPSA) is 88.8 Å². The number of hydrogen-bond acceptors (Lipinski definition) is 6. The molecule has 0 bridgehead atoms. The molecule has 0 fully saturated rings. The average molecular weight is 230 g/mol. The summed E-state index contributed by atoms with van der Waals surface area (Å²) in [6, 6.07) is 3.90. The largest absolute Gasteiger partial charge is 0.366 e. The second kappa shape index (κ2) is 5.22. The fourth-order valence-electron chi connectivity index (χ4n) is 1.38. The van der Waals surface area contributed by atoms with Gasteiger partial charge in [0.05, 0.1) is 0 Å². The summed E-state index contributed by atoms with van der Waals surface area (Å²) < 4.78 is 0. The molecule has 2 aromatic heterocycles. The quantitative estimate of drug-likeness (QED) is 0.538. The van der Waals surface area contributed by atoms with E-state index >= 15 is 0 Å². The van der Waals surface area contributed by atoms with Crippen molar-refractivity contribution in [3.8, 4) is 0 Å². The summed E-state index contributed by atoms with van der Waals surface area (Å²) in [5, 5.41) is 3.22. The molecule has 6 heteroatoms. The van der Waals surface area contributed by atoms with Crippen LogP contribution >= 0.6 is 0 Å². The second-order valence-electron chi connectivity index (χ2n) is 3.58. The molecule has 2 heterocycles. The number of rotatable bonds is 4. The van der Waals surface area contributed by atoms with Gasteiger partial charge in [0, 0.05) is 30.7 Å². The Kier molecular flexibility index (Phi) is 3.46. The lowest BCUT2D eigenvalue weighted by atomic mass is 10.3. The number of nitrogens with two attached hydrogens (primary N) is 1. The van der Waals surface area contributed by atoms with Crippen molar-refractivity contribution in [2.75, 3.05) is 10.7 Å². The Balaban J connectivity index is 2.08. The lowest BCUT2D eigenvalue weighted by molar-refractivity contribution is 1.04. The number of nitrogen functional groups attached to an aromatic ring is 1. The van der Waals surface area contributed by atoms with Gasteiger partial charge in [-0.2, -0.15) is 4.98 Å². The van der Waals surface area contributed by atoms with E-state index in [0.29, 0.717) is 12.5 Å². The molecule has 17 heavy (non-hydrogen) atoms. The minimum Gasteiger partial charge on any atom is -0.366 e. The molecule has 0 unspecified atom stereocenters. The van der Waals surface area contributed by atoms with Crippen LogP contribution in [0, 0.1) is 6.92 Å². The highest BCUT2D eigenvalue weighted by molar-refractivity contribution is 5.46. The summed E-state index contributed by atoms with van der Waals surface area (Å²) in [5.74, 6) is 6.42. The third kappa shape index (κ3) is 2.88. The first-order valence-electron chi connectivity index (χ1n) is 5.22. The molecule has 0 atom stereocenters. The molecule has 0 saturated carbocycles. The summed E-state index contributed by atoms with van der Waals surface area (Å²) in [6.07, 6.45) is 5.27. The number of nitrogens with zero attached hydrogens (tertiary/aromatic N) is 3. The standard InChI is InChI=1S/C11H14N6/c1-8-5-15-11(17-12)16-10(8)14-7-9-3-2-4-13-6-9/h2-6H,7,12H2,1H3,(H2,14,15,16,17). The van der Waals surface area contributed by atoms with Gasteiger partial charge < -0.3 is 5.32 Å². The van der Waals surface area contributed by atoms with E-state index < -0.39 is 0 Å². The van der Waals surface area contributed by atoms with E-state index in [1.807, 2.05) is 25.3 Å². The molecule has 2 rings (SSSR count). The molecule has 0 aliphatic carbocycles. The van der Waals surface area contributed by atoms with Crippen molar-refractivity contribution in [1.29, 1.82) is 0 Å². The number of hydrogen-bond donors (Lipinski definition) is 3. The molecule has 0 spiro atoms. The van der Waals surface area contributed by atoms with Crippen molar-refractivity contribution in [3.63, 3.8) is 0 Å². The van der Waals surface area contributed by atoms with Gasteiger partial charge in [-0.25, -0.2) is 10.8 Å². The van der Waals surface area contributed by atoms with E-state index in [-0.39, 0.29) is 0 Å².